The average molecular weight is 811 g/mol. The third-order valence-corrected chi connectivity index (χ3v) is 13.4. The predicted molar refractivity (Wildman–Crippen MR) is 265 cm³/mol. The summed E-state index contributed by atoms with van der Waals surface area (Å²) in [6.07, 6.45) is 0. The summed E-state index contributed by atoms with van der Waals surface area (Å²) in [5.74, 6) is 0. The van der Waals surface area contributed by atoms with Crippen molar-refractivity contribution in [2.24, 2.45) is 0 Å². The number of hydrogen-bond acceptors (Lipinski definition) is 2. The molecule has 0 aliphatic rings. The summed E-state index contributed by atoms with van der Waals surface area (Å²) in [4.78, 5) is 0. The summed E-state index contributed by atoms with van der Waals surface area (Å²) in [6.45, 7) is 0. The van der Waals surface area contributed by atoms with E-state index in [1.807, 2.05) is 0 Å². The zero-order valence-corrected chi connectivity index (χ0v) is 34.4. The molecule has 0 unspecified atom stereocenters. The lowest BCUT2D eigenvalue weighted by molar-refractivity contribution is 1.12. The molecule has 0 aliphatic carbocycles. The minimum atomic E-state index is 0.431. The average Bonchev–Trinajstić information content (AvgIpc) is 3.88. The zero-order chi connectivity index (χ0) is 42.5. The Hall–Kier alpha value is -8.96. The van der Waals surface area contributed by atoms with Crippen LogP contribution in [-0.2, 0) is 0 Å². The van der Waals surface area contributed by atoms with Crippen LogP contribution in [0.25, 0.3) is 120 Å². The zero-order valence-electron chi connectivity index (χ0n) is 34.4. The molecule has 0 fully saturated rings. The van der Waals surface area contributed by atoms with E-state index in [9.17, 15) is 10.5 Å². The SMILES string of the molecule is N#Cc1c(-c2cc3ccccc3c3ccccc23)c(C#N)c(-n2c3ccccc3c3ccccc32)c(-c2cc3ccccc3c3ccccc23)c1-n1c2ccccc2c2ccccc21. The van der Waals surface area contributed by atoms with Crippen molar-refractivity contribution >= 4 is 86.7 Å². The van der Waals surface area contributed by atoms with Crippen LogP contribution in [0.2, 0.25) is 0 Å². The highest BCUT2D eigenvalue weighted by Crippen LogP contribution is 2.52. The van der Waals surface area contributed by atoms with Gasteiger partial charge in [0.15, 0.2) is 0 Å². The molecule has 13 rings (SSSR count). The normalized spacial score (nSPS) is 11.7. The number of para-hydroxylation sites is 4. The van der Waals surface area contributed by atoms with E-state index in [1.54, 1.807) is 0 Å². The van der Waals surface area contributed by atoms with Crippen molar-refractivity contribution in [2.45, 2.75) is 0 Å². The van der Waals surface area contributed by atoms with Crippen LogP contribution < -0.4 is 0 Å². The van der Waals surface area contributed by atoms with E-state index in [1.165, 1.54) is 0 Å². The van der Waals surface area contributed by atoms with Crippen LogP contribution in [0, 0.1) is 22.7 Å². The molecular formula is C60H34N4. The lowest BCUT2D eigenvalue weighted by Crippen LogP contribution is -2.11. The standard InChI is InChI=1S/C60H34N4/c61-35-51-57(49-33-37-17-1-3-19-39(37)41-21-5-7-23-43(41)49)52(36-62)60(64-55-31-15-11-27-47(55)48-28-12-16-32-56(48)64)58(50-34-38-18-2-4-20-40(38)42-22-6-8-24-44(42)50)59(51)63-53-29-13-9-25-45(53)46-26-10-14-30-54(46)63/h1-34H. The maximum Gasteiger partial charge on any atom is 0.102 e. The highest BCUT2D eigenvalue weighted by Gasteiger charge is 2.33. The molecule has 294 valence electrons. The first-order valence-corrected chi connectivity index (χ1v) is 21.6. The molecule has 0 N–H and O–H groups in total. The fourth-order valence-electron chi connectivity index (χ4n) is 10.8. The molecule has 11 aromatic carbocycles. The Morgan fingerprint density at radius 1 is 0.281 bits per heavy atom. The highest BCUT2D eigenvalue weighted by atomic mass is 15.0. The molecule has 0 aliphatic heterocycles. The Morgan fingerprint density at radius 2 is 0.562 bits per heavy atom. The summed E-state index contributed by atoms with van der Waals surface area (Å²) in [6, 6.07) is 77.9. The van der Waals surface area contributed by atoms with Crippen molar-refractivity contribution in [3.8, 4) is 45.8 Å². The molecule has 0 bridgehead atoms. The lowest BCUT2D eigenvalue weighted by Gasteiger charge is -2.27. The fourth-order valence-corrected chi connectivity index (χ4v) is 10.8. The van der Waals surface area contributed by atoms with Crippen molar-refractivity contribution in [1.82, 2.24) is 9.13 Å². The van der Waals surface area contributed by atoms with Crippen molar-refractivity contribution in [1.29, 1.82) is 10.5 Å². The molecule has 4 nitrogen and oxygen atoms in total. The number of nitriles is 2. The molecule has 2 aromatic heterocycles. The van der Waals surface area contributed by atoms with Crippen LogP contribution in [0.4, 0.5) is 0 Å². The van der Waals surface area contributed by atoms with Crippen LogP contribution in [0.3, 0.4) is 0 Å². The van der Waals surface area contributed by atoms with Gasteiger partial charge in [-0.1, -0.05) is 170 Å². The quantitative estimate of drug-likeness (QED) is 0.166. The number of aromatic nitrogens is 2. The van der Waals surface area contributed by atoms with Crippen LogP contribution in [0.5, 0.6) is 0 Å². The van der Waals surface area contributed by atoms with Crippen molar-refractivity contribution in [3.05, 3.63) is 217 Å². The van der Waals surface area contributed by atoms with Crippen molar-refractivity contribution < 1.29 is 0 Å². The first-order chi connectivity index (χ1) is 31.7. The highest BCUT2D eigenvalue weighted by molar-refractivity contribution is 6.20. The van der Waals surface area contributed by atoms with Gasteiger partial charge >= 0.3 is 0 Å². The molecule has 0 saturated carbocycles. The minimum absolute atomic E-state index is 0.431. The van der Waals surface area contributed by atoms with Gasteiger partial charge in [-0.3, -0.25) is 0 Å². The Bertz CT molecular complexity index is 3970. The van der Waals surface area contributed by atoms with Crippen LogP contribution in [0.1, 0.15) is 11.1 Å². The summed E-state index contributed by atoms with van der Waals surface area (Å²) >= 11 is 0. The van der Waals surface area contributed by atoms with Crippen LogP contribution in [-0.4, -0.2) is 9.13 Å². The predicted octanol–water partition coefficient (Wildman–Crippen LogP) is 15.6. The lowest BCUT2D eigenvalue weighted by atomic mass is 9.82. The molecule has 0 atom stereocenters. The second-order valence-electron chi connectivity index (χ2n) is 16.5. The van der Waals surface area contributed by atoms with E-state index in [2.05, 4.69) is 228 Å². The molecule has 4 heteroatoms. The monoisotopic (exact) mass is 810 g/mol. The molecule has 64 heavy (non-hydrogen) atoms. The van der Waals surface area contributed by atoms with Gasteiger partial charge in [0.05, 0.1) is 44.6 Å². The van der Waals surface area contributed by atoms with Gasteiger partial charge in [0.25, 0.3) is 0 Å². The van der Waals surface area contributed by atoms with Gasteiger partial charge in [0.2, 0.25) is 0 Å². The van der Waals surface area contributed by atoms with Gasteiger partial charge in [-0.2, -0.15) is 10.5 Å². The summed E-state index contributed by atoms with van der Waals surface area (Å²) in [7, 11) is 0. The summed E-state index contributed by atoms with van der Waals surface area (Å²) in [5.41, 5.74) is 9.38. The van der Waals surface area contributed by atoms with E-state index in [0.717, 1.165) is 115 Å². The number of fused-ring (bicyclic) bond motifs is 12. The van der Waals surface area contributed by atoms with Gasteiger partial charge in [-0.05, 0) is 90.6 Å². The molecular weight excluding hydrogens is 777 g/mol. The van der Waals surface area contributed by atoms with Gasteiger partial charge in [0.1, 0.15) is 12.1 Å². The van der Waals surface area contributed by atoms with E-state index < -0.39 is 0 Å². The Morgan fingerprint density at radius 3 is 0.922 bits per heavy atom. The number of benzene rings is 11. The van der Waals surface area contributed by atoms with E-state index in [0.29, 0.717) is 16.7 Å². The third-order valence-electron chi connectivity index (χ3n) is 13.4. The third kappa shape index (κ3) is 4.91. The largest absolute Gasteiger partial charge is 0.307 e. The van der Waals surface area contributed by atoms with Gasteiger partial charge < -0.3 is 9.13 Å². The Kier molecular flexibility index (Phi) is 7.70. The number of rotatable bonds is 4. The maximum absolute atomic E-state index is 12.2. The van der Waals surface area contributed by atoms with Crippen molar-refractivity contribution in [2.75, 3.05) is 0 Å². The van der Waals surface area contributed by atoms with Crippen LogP contribution in [0.15, 0.2) is 206 Å². The number of nitrogens with zero attached hydrogens (tertiary/aromatic N) is 4. The van der Waals surface area contributed by atoms with Gasteiger partial charge in [0, 0.05) is 32.7 Å². The Balaban J connectivity index is 1.38. The molecule has 0 spiro atoms. The van der Waals surface area contributed by atoms with Gasteiger partial charge in [-0.25, -0.2) is 0 Å². The second-order valence-corrected chi connectivity index (χ2v) is 16.5. The Labute approximate surface area is 367 Å². The van der Waals surface area contributed by atoms with Gasteiger partial charge in [-0.15, -0.1) is 0 Å². The topological polar surface area (TPSA) is 57.4 Å². The molecule has 2 heterocycles. The minimum Gasteiger partial charge on any atom is -0.307 e. The number of hydrogen-bond donors (Lipinski definition) is 0. The van der Waals surface area contributed by atoms with E-state index in [-0.39, 0.29) is 0 Å². The maximum atomic E-state index is 12.2. The van der Waals surface area contributed by atoms with E-state index >= 15 is 0 Å². The molecule has 0 amide bonds. The molecule has 0 saturated heterocycles. The van der Waals surface area contributed by atoms with Crippen LogP contribution >= 0.6 is 0 Å². The first-order valence-electron chi connectivity index (χ1n) is 21.6. The smallest absolute Gasteiger partial charge is 0.102 e. The first kappa shape index (κ1) is 35.8. The summed E-state index contributed by atoms with van der Waals surface area (Å²) in [5, 5.41) is 37.1. The molecule has 0 radical (unpaired) electrons. The van der Waals surface area contributed by atoms with Crippen molar-refractivity contribution in [3.63, 3.8) is 0 Å². The second kappa shape index (κ2) is 13.8. The summed E-state index contributed by atoms with van der Waals surface area (Å²) < 4.78 is 4.60. The van der Waals surface area contributed by atoms with E-state index in [4.69, 9.17) is 0 Å². The molecule has 13 aromatic rings. The fraction of sp³-hybridized carbons (Fsp3) is 0.